The van der Waals surface area contributed by atoms with Crippen molar-refractivity contribution in [3.63, 3.8) is 0 Å². The lowest BCUT2D eigenvalue weighted by Crippen LogP contribution is -2.49. The first kappa shape index (κ1) is 30.1. The van der Waals surface area contributed by atoms with Gasteiger partial charge in [0.2, 0.25) is 9.84 Å². The molecule has 0 radical (unpaired) electrons. The normalized spacial score (nSPS) is 13.8. The highest BCUT2D eigenvalue weighted by molar-refractivity contribution is 9.10. The maximum atomic E-state index is 13.9. The molecule has 0 spiro atoms. The summed E-state index contributed by atoms with van der Waals surface area (Å²) in [5.41, 5.74) is 1.28. The third kappa shape index (κ3) is 6.63. The van der Waals surface area contributed by atoms with Crippen molar-refractivity contribution in [3.05, 3.63) is 94.7 Å². The zero-order valence-corrected chi connectivity index (χ0v) is 26.3. The number of sulfone groups is 1. The van der Waals surface area contributed by atoms with E-state index in [9.17, 15) is 18.0 Å². The molecule has 218 valence electrons. The lowest BCUT2D eigenvalue weighted by Gasteiger charge is -2.36. The molecular formula is C31H31BrN4O4S2. The van der Waals surface area contributed by atoms with Crippen LogP contribution in [0.3, 0.4) is 0 Å². The zero-order valence-electron chi connectivity index (χ0n) is 23.1. The second kappa shape index (κ2) is 13.3. The third-order valence-corrected chi connectivity index (χ3v) is 10.3. The Balaban J connectivity index is 1.45. The summed E-state index contributed by atoms with van der Waals surface area (Å²) in [6.07, 6.45) is 3.47. The summed E-state index contributed by atoms with van der Waals surface area (Å²) in [6, 6.07) is 18.7. The maximum Gasteiger partial charge on any atom is 0.254 e. The summed E-state index contributed by atoms with van der Waals surface area (Å²) in [4.78, 5) is 35.1. The van der Waals surface area contributed by atoms with Crippen LogP contribution in [-0.2, 0) is 9.84 Å². The number of anilines is 1. The van der Waals surface area contributed by atoms with Gasteiger partial charge in [0.25, 0.3) is 11.8 Å². The summed E-state index contributed by atoms with van der Waals surface area (Å²) in [5.74, 6) is 0.917. The van der Waals surface area contributed by atoms with Crippen molar-refractivity contribution in [3.8, 4) is 0 Å². The van der Waals surface area contributed by atoms with Crippen LogP contribution in [0.1, 0.15) is 27.6 Å². The molecule has 0 saturated carbocycles. The number of carbonyl (C=O) groups excluding carboxylic acids is 2. The number of rotatable bonds is 9. The molecule has 0 bridgehead atoms. The Bertz CT molecular complexity index is 1710. The Labute approximate surface area is 258 Å². The van der Waals surface area contributed by atoms with Gasteiger partial charge in [0, 0.05) is 61.0 Å². The molecule has 0 aliphatic carbocycles. The van der Waals surface area contributed by atoms with Crippen molar-refractivity contribution in [2.24, 2.45) is 0 Å². The van der Waals surface area contributed by atoms with E-state index < -0.39 is 15.7 Å². The van der Waals surface area contributed by atoms with Gasteiger partial charge in [0.05, 0.1) is 20.9 Å². The average Bonchev–Trinajstić information content (AvgIpc) is 3.02. The lowest BCUT2D eigenvalue weighted by atomic mass is 10.0. The van der Waals surface area contributed by atoms with E-state index in [1.54, 1.807) is 47.3 Å². The van der Waals surface area contributed by atoms with E-state index in [-0.39, 0.29) is 26.8 Å². The Morgan fingerprint density at radius 3 is 2.29 bits per heavy atom. The van der Waals surface area contributed by atoms with E-state index >= 15 is 0 Å². The first-order chi connectivity index (χ1) is 20.3. The minimum absolute atomic E-state index is 0.0316. The highest BCUT2D eigenvalue weighted by Gasteiger charge is 2.28. The molecule has 1 aromatic heterocycles. The summed E-state index contributed by atoms with van der Waals surface area (Å²) in [7, 11) is -3.97. The van der Waals surface area contributed by atoms with E-state index in [1.165, 1.54) is 18.2 Å². The highest BCUT2D eigenvalue weighted by Crippen LogP contribution is 2.29. The van der Waals surface area contributed by atoms with Gasteiger partial charge in [0.15, 0.2) is 0 Å². The van der Waals surface area contributed by atoms with Crippen LogP contribution in [0.25, 0.3) is 10.8 Å². The number of nitrogens with zero attached hydrogens (tertiary/aromatic N) is 3. The summed E-state index contributed by atoms with van der Waals surface area (Å²) in [5, 5.41) is 4.56. The minimum atomic E-state index is -3.97. The van der Waals surface area contributed by atoms with Gasteiger partial charge in [-0.25, -0.2) is 8.42 Å². The lowest BCUT2D eigenvalue weighted by molar-refractivity contribution is 0.0740. The Morgan fingerprint density at radius 2 is 1.55 bits per heavy atom. The predicted octanol–water partition coefficient (Wildman–Crippen LogP) is 5.28. The van der Waals surface area contributed by atoms with Gasteiger partial charge in [-0.3, -0.25) is 14.6 Å². The number of hydrogen-bond donors (Lipinski definition) is 1. The number of halogens is 1. The molecule has 8 nitrogen and oxygen atoms in total. The quantitative estimate of drug-likeness (QED) is 0.243. The Hall–Kier alpha value is -3.41. The number of fused-ring (bicyclic) bond motifs is 1. The first-order valence-corrected chi connectivity index (χ1v) is 17.1. The third-order valence-electron chi connectivity index (χ3n) is 7.19. The van der Waals surface area contributed by atoms with Gasteiger partial charge in [-0.05, 0) is 71.1 Å². The number of nitrogens with one attached hydrogen (secondary N) is 1. The monoisotopic (exact) mass is 666 g/mol. The number of thioether (sulfide) groups is 1. The van der Waals surface area contributed by atoms with Crippen molar-refractivity contribution < 1.29 is 18.0 Å². The van der Waals surface area contributed by atoms with Gasteiger partial charge >= 0.3 is 0 Å². The van der Waals surface area contributed by atoms with E-state index in [4.69, 9.17) is 0 Å². The van der Waals surface area contributed by atoms with Crippen LogP contribution in [-0.4, -0.2) is 74.3 Å². The molecule has 1 saturated heterocycles. The summed E-state index contributed by atoms with van der Waals surface area (Å²) < 4.78 is 28.4. The Morgan fingerprint density at radius 1 is 0.881 bits per heavy atom. The first-order valence-electron chi connectivity index (χ1n) is 13.7. The topological polar surface area (TPSA) is 99.7 Å². The van der Waals surface area contributed by atoms with E-state index in [0.717, 1.165) is 32.4 Å². The molecule has 0 unspecified atom stereocenters. The molecule has 0 atom stereocenters. The van der Waals surface area contributed by atoms with E-state index in [2.05, 4.69) is 31.1 Å². The van der Waals surface area contributed by atoms with Gasteiger partial charge in [-0.15, -0.1) is 0 Å². The molecule has 1 fully saturated rings. The second-order valence-electron chi connectivity index (χ2n) is 9.80. The van der Waals surface area contributed by atoms with Crippen LogP contribution in [0.2, 0.25) is 0 Å². The Kier molecular flexibility index (Phi) is 9.50. The number of piperazine rings is 1. The minimum Gasteiger partial charge on any atom is -0.368 e. The largest absolute Gasteiger partial charge is 0.368 e. The summed E-state index contributed by atoms with van der Waals surface area (Å²) >= 11 is 5.15. The highest BCUT2D eigenvalue weighted by atomic mass is 79.9. The molecule has 5 rings (SSSR count). The van der Waals surface area contributed by atoms with Crippen LogP contribution in [0, 0.1) is 0 Å². The van der Waals surface area contributed by atoms with Crippen LogP contribution in [0.5, 0.6) is 0 Å². The van der Waals surface area contributed by atoms with Crippen LogP contribution in [0.15, 0.2) is 93.4 Å². The number of amides is 2. The van der Waals surface area contributed by atoms with Crippen molar-refractivity contribution in [1.29, 1.82) is 0 Å². The fourth-order valence-electron chi connectivity index (χ4n) is 4.93. The van der Waals surface area contributed by atoms with Crippen LogP contribution >= 0.6 is 27.7 Å². The fraction of sp³-hybridized carbons (Fsp3) is 0.258. The van der Waals surface area contributed by atoms with Gasteiger partial charge in [-0.2, -0.15) is 11.8 Å². The molecule has 11 heteroatoms. The molecule has 1 N–H and O–H groups in total. The maximum absolute atomic E-state index is 13.9. The molecular weight excluding hydrogens is 636 g/mol. The standard InChI is InChI=1S/C31H31BrN4O4S2/c1-2-41-18-13-34-30(37)28-8-7-27(42(39,40)26-6-4-22-19-24(32)5-3-23(22)20-26)21-29(28)31(38)36-16-14-35(15-17-36)25-9-11-33-12-10-25/h3-12,19-21H,2,13-18H2,1H3,(H,34,37). The number of aromatic nitrogens is 1. The van der Waals surface area contributed by atoms with Crippen LogP contribution < -0.4 is 10.2 Å². The average molecular weight is 668 g/mol. The number of hydrogen-bond acceptors (Lipinski definition) is 7. The predicted molar refractivity (Wildman–Crippen MR) is 171 cm³/mol. The van der Waals surface area contributed by atoms with Crippen molar-refractivity contribution in [2.45, 2.75) is 16.7 Å². The second-order valence-corrected chi connectivity index (χ2v) is 14.1. The van der Waals surface area contributed by atoms with Gasteiger partial charge < -0.3 is 15.1 Å². The molecule has 4 aromatic rings. The van der Waals surface area contributed by atoms with Crippen molar-refractivity contribution in [2.75, 3.05) is 49.1 Å². The fourth-order valence-corrected chi connectivity index (χ4v) is 7.17. The molecule has 42 heavy (non-hydrogen) atoms. The molecule has 3 aromatic carbocycles. The van der Waals surface area contributed by atoms with Gasteiger partial charge in [-0.1, -0.05) is 35.0 Å². The van der Waals surface area contributed by atoms with Crippen LogP contribution in [0.4, 0.5) is 5.69 Å². The smallest absolute Gasteiger partial charge is 0.254 e. The van der Waals surface area contributed by atoms with Crippen molar-refractivity contribution >= 4 is 65.8 Å². The van der Waals surface area contributed by atoms with Gasteiger partial charge in [0.1, 0.15) is 0 Å². The SMILES string of the molecule is CCSCCNC(=O)c1ccc(S(=O)(=O)c2ccc3cc(Br)ccc3c2)cc1C(=O)N1CCN(c2ccncc2)CC1. The molecule has 1 aliphatic heterocycles. The zero-order chi connectivity index (χ0) is 29.7. The van der Waals surface area contributed by atoms with E-state index in [0.29, 0.717) is 32.7 Å². The molecule has 2 heterocycles. The van der Waals surface area contributed by atoms with E-state index in [1.807, 2.05) is 37.3 Å². The number of pyridine rings is 1. The number of benzene rings is 3. The molecule has 1 aliphatic rings. The van der Waals surface area contributed by atoms with Crippen molar-refractivity contribution in [1.82, 2.24) is 15.2 Å². The summed E-state index contributed by atoms with van der Waals surface area (Å²) in [6.45, 7) is 4.58. The number of carbonyl (C=O) groups is 2. The molecule has 2 amide bonds.